The van der Waals surface area contributed by atoms with Crippen LogP contribution in [-0.2, 0) is 6.42 Å². The van der Waals surface area contributed by atoms with Gasteiger partial charge in [-0.25, -0.2) is 4.98 Å². The maximum Gasteiger partial charge on any atom is 0.229 e. The molecule has 4 aromatic rings. The van der Waals surface area contributed by atoms with Gasteiger partial charge in [0.1, 0.15) is 17.1 Å². The van der Waals surface area contributed by atoms with E-state index in [0.717, 1.165) is 71.8 Å². The fourth-order valence-electron chi connectivity index (χ4n) is 5.49. The molecule has 42 heavy (non-hydrogen) atoms. The van der Waals surface area contributed by atoms with E-state index < -0.39 is 0 Å². The van der Waals surface area contributed by atoms with E-state index in [1.807, 2.05) is 38.6 Å². The maximum atomic E-state index is 5.86. The summed E-state index contributed by atoms with van der Waals surface area (Å²) in [5, 5.41) is 6.97. The highest BCUT2D eigenvalue weighted by Crippen LogP contribution is 2.38. The van der Waals surface area contributed by atoms with Crippen LogP contribution in [0.25, 0.3) is 11.0 Å². The molecule has 0 amide bonds. The van der Waals surface area contributed by atoms with Crippen LogP contribution in [-0.4, -0.2) is 78.5 Å². The van der Waals surface area contributed by atoms with E-state index in [1.54, 1.807) is 31.5 Å². The highest BCUT2D eigenvalue weighted by molar-refractivity contribution is 7.99. The molecule has 5 rings (SSSR count). The minimum absolute atomic E-state index is 0.489. The van der Waals surface area contributed by atoms with E-state index in [1.165, 1.54) is 11.3 Å². The second-order valence-corrected chi connectivity index (χ2v) is 11.7. The largest absolute Gasteiger partial charge is 0.494 e. The molecule has 2 aromatic heterocycles. The van der Waals surface area contributed by atoms with E-state index in [2.05, 4.69) is 72.8 Å². The number of nitrogens with one attached hydrogen (secondary N) is 2. The monoisotopic (exact) mass is 587 g/mol. The zero-order valence-corrected chi connectivity index (χ0v) is 26.4. The summed E-state index contributed by atoms with van der Waals surface area (Å²) in [6.07, 6.45) is 10.5. The number of ether oxygens (including phenoxy) is 1. The fourth-order valence-corrected chi connectivity index (χ4v) is 5.86. The van der Waals surface area contributed by atoms with Crippen LogP contribution in [0.4, 0.5) is 34.5 Å². The summed E-state index contributed by atoms with van der Waals surface area (Å²) in [6.45, 7) is 6.27. The first-order valence-corrected chi connectivity index (χ1v) is 15.5. The van der Waals surface area contributed by atoms with Gasteiger partial charge in [0.2, 0.25) is 5.95 Å². The summed E-state index contributed by atoms with van der Waals surface area (Å²) >= 11 is 1.61. The zero-order valence-electron chi connectivity index (χ0n) is 25.6. The highest BCUT2D eigenvalue weighted by atomic mass is 32.2. The molecule has 1 fully saturated rings. The number of nitrogens with zero attached hydrogens (tertiary/aromatic N) is 7. The van der Waals surface area contributed by atoms with E-state index in [-0.39, 0.29) is 0 Å². The molecule has 0 radical (unpaired) electrons. The van der Waals surface area contributed by atoms with Crippen molar-refractivity contribution < 1.29 is 4.74 Å². The first-order chi connectivity index (χ1) is 20.3. The van der Waals surface area contributed by atoms with Gasteiger partial charge in [-0.3, -0.25) is 9.97 Å². The van der Waals surface area contributed by atoms with Crippen molar-refractivity contribution in [3.05, 3.63) is 54.0 Å². The molecule has 1 saturated heterocycles. The number of piperidine rings is 1. The van der Waals surface area contributed by atoms with Crippen molar-refractivity contribution in [2.24, 2.45) is 0 Å². The molecular formula is C31H41N9OS. The molecule has 1 aliphatic rings. The van der Waals surface area contributed by atoms with Crippen molar-refractivity contribution in [2.45, 2.75) is 39.2 Å². The van der Waals surface area contributed by atoms with Crippen LogP contribution in [0, 0.1) is 6.92 Å². The number of fused-ring (bicyclic) bond motifs is 1. The average Bonchev–Trinajstić information content (AvgIpc) is 3.02. The lowest BCUT2D eigenvalue weighted by molar-refractivity contribution is 0.249. The molecule has 2 N–H and O–H groups in total. The first-order valence-electron chi connectivity index (χ1n) is 14.3. The molecule has 3 heterocycles. The number of hydrogen-bond acceptors (Lipinski definition) is 11. The Kier molecular flexibility index (Phi) is 9.18. The smallest absolute Gasteiger partial charge is 0.229 e. The Labute approximate surface area is 253 Å². The van der Waals surface area contributed by atoms with Crippen molar-refractivity contribution in [3.63, 3.8) is 0 Å². The lowest BCUT2D eigenvalue weighted by atomic mass is 10.0. The fraction of sp³-hybridized carbons (Fsp3) is 0.419. The maximum absolute atomic E-state index is 5.86. The summed E-state index contributed by atoms with van der Waals surface area (Å²) in [7, 11) is 8.08. The first kappa shape index (κ1) is 29.7. The van der Waals surface area contributed by atoms with Crippen molar-refractivity contribution in [2.75, 3.05) is 67.4 Å². The molecule has 0 saturated carbocycles. The minimum Gasteiger partial charge on any atom is -0.494 e. The van der Waals surface area contributed by atoms with Gasteiger partial charge < -0.3 is 29.5 Å². The minimum atomic E-state index is 0.489. The van der Waals surface area contributed by atoms with Crippen LogP contribution in [0.2, 0.25) is 0 Å². The van der Waals surface area contributed by atoms with Crippen LogP contribution in [0.15, 0.2) is 42.9 Å². The standard InChI is InChI=1S/C31H41N9OS/c1-8-21-17-25(27(41-6)18-26(21)40-15-11-22(12-16-40)38(3)4)36-31-34-19-20(2)30(37-31)35-24-10-9-23-28(33-14-13-32-23)29(24)39(5)42-7/h9-10,13-14,17-19,22H,8,11-12,15-16H2,1-7H3,(H2,34,35,36,37). The topological polar surface area (TPSA) is 94.6 Å². The molecule has 0 aliphatic carbocycles. The van der Waals surface area contributed by atoms with E-state index in [0.29, 0.717) is 17.8 Å². The normalized spacial score (nSPS) is 14.0. The Morgan fingerprint density at radius 1 is 1.02 bits per heavy atom. The summed E-state index contributed by atoms with van der Waals surface area (Å²) in [5.74, 6) is 1.97. The van der Waals surface area contributed by atoms with E-state index >= 15 is 0 Å². The van der Waals surface area contributed by atoms with Crippen LogP contribution in [0.3, 0.4) is 0 Å². The van der Waals surface area contributed by atoms with E-state index in [4.69, 9.17) is 9.72 Å². The van der Waals surface area contributed by atoms with Gasteiger partial charge in [-0.05, 0) is 64.0 Å². The van der Waals surface area contributed by atoms with Crippen LogP contribution < -0.4 is 24.6 Å². The molecule has 11 heteroatoms. The number of benzene rings is 2. The summed E-state index contributed by atoms with van der Waals surface area (Å²) in [4.78, 5) is 23.4. The second kappa shape index (κ2) is 13.0. The molecule has 0 bridgehead atoms. The third kappa shape index (κ3) is 6.17. The summed E-state index contributed by atoms with van der Waals surface area (Å²) < 4.78 is 7.94. The van der Waals surface area contributed by atoms with Crippen molar-refractivity contribution in [3.8, 4) is 5.75 Å². The number of anilines is 6. The van der Waals surface area contributed by atoms with Gasteiger partial charge in [0.15, 0.2) is 0 Å². The predicted molar refractivity (Wildman–Crippen MR) is 176 cm³/mol. The van der Waals surface area contributed by atoms with Crippen LogP contribution in [0.5, 0.6) is 5.75 Å². The molecule has 0 unspecified atom stereocenters. The third-order valence-corrected chi connectivity index (χ3v) is 8.72. The summed E-state index contributed by atoms with van der Waals surface area (Å²) in [5.41, 5.74) is 7.79. The Morgan fingerprint density at radius 2 is 1.79 bits per heavy atom. The van der Waals surface area contributed by atoms with Crippen molar-refractivity contribution in [1.29, 1.82) is 0 Å². The lowest BCUT2D eigenvalue weighted by Gasteiger charge is -2.37. The third-order valence-electron chi connectivity index (χ3n) is 7.99. The number of rotatable bonds is 10. The van der Waals surface area contributed by atoms with Gasteiger partial charge in [-0.15, -0.1) is 0 Å². The van der Waals surface area contributed by atoms with Gasteiger partial charge in [-0.2, -0.15) is 4.98 Å². The Hall–Kier alpha value is -3.83. The van der Waals surface area contributed by atoms with E-state index in [9.17, 15) is 0 Å². The van der Waals surface area contributed by atoms with Crippen molar-refractivity contribution in [1.82, 2.24) is 24.8 Å². The molecular weight excluding hydrogens is 546 g/mol. The molecule has 2 aromatic carbocycles. The van der Waals surface area contributed by atoms with Gasteiger partial charge in [-0.1, -0.05) is 18.9 Å². The quantitative estimate of drug-likeness (QED) is 0.213. The van der Waals surface area contributed by atoms with Gasteiger partial charge in [0.25, 0.3) is 0 Å². The second-order valence-electron chi connectivity index (χ2n) is 10.8. The van der Waals surface area contributed by atoms with Crippen molar-refractivity contribution >= 4 is 57.5 Å². The Bertz CT molecular complexity index is 1540. The van der Waals surface area contributed by atoms with Gasteiger partial charge in [0, 0.05) is 68.3 Å². The molecule has 10 nitrogen and oxygen atoms in total. The SMILES string of the molecule is CCc1cc(Nc2ncc(C)c(Nc3ccc4nccnc4c3N(C)SC)n2)c(OC)cc1N1CCC(N(C)C)CC1. The predicted octanol–water partition coefficient (Wildman–Crippen LogP) is 6.03. The Balaban J connectivity index is 1.43. The molecule has 0 atom stereocenters. The zero-order chi connectivity index (χ0) is 29.8. The Morgan fingerprint density at radius 3 is 2.48 bits per heavy atom. The molecule has 222 valence electrons. The van der Waals surface area contributed by atoms with Crippen LogP contribution in [0.1, 0.15) is 30.9 Å². The average molecular weight is 588 g/mol. The molecule has 1 aliphatic heterocycles. The number of methoxy groups -OCH3 is 1. The number of hydrogen-bond donors (Lipinski definition) is 2. The van der Waals surface area contributed by atoms with Gasteiger partial charge >= 0.3 is 0 Å². The van der Waals surface area contributed by atoms with Gasteiger partial charge in [0.05, 0.1) is 29.7 Å². The highest BCUT2D eigenvalue weighted by Gasteiger charge is 2.24. The van der Waals surface area contributed by atoms with Crippen LogP contribution >= 0.6 is 11.9 Å². The number of aromatic nitrogens is 4. The summed E-state index contributed by atoms with van der Waals surface area (Å²) in [6, 6.07) is 8.96. The lowest BCUT2D eigenvalue weighted by Crippen LogP contribution is -2.42. The number of aryl methyl sites for hydroxylation is 2. The molecule has 0 spiro atoms.